The van der Waals surface area contributed by atoms with Crippen molar-refractivity contribution in [3.05, 3.63) is 53.5 Å². The zero-order valence-corrected chi connectivity index (χ0v) is 15.8. The van der Waals surface area contributed by atoms with Gasteiger partial charge in [-0.15, -0.1) is 0 Å². The van der Waals surface area contributed by atoms with Gasteiger partial charge in [-0.3, -0.25) is 4.90 Å². The normalized spacial score (nSPS) is 19.5. The van der Waals surface area contributed by atoms with Gasteiger partial charge in [-0.2, -0.15) is 13.2 Å². The lowest BCUT2D eigenvalue weighted by atomic mass is 10.1. The number of benzene rings is 1. The Labute approximate surface area is 165 Å². The molecule has 0 radical (unpaired) electrons. The molecule has 1 aromatic carbocycles. The van der Waals surface area contributed by atoms with Crippen LogP contribution in [-0.4, -0.2) is 48.1 Å². The number of hydrogen-bond donors (Lipinski definition) is 0. The van der Waals surface area contributed by atoms with E-state index in [9.17, 15) is 22.4 Å². The van der Waals surface area contributed by atoms with Gasteiger partial charge in [-0.05, 0) is 49.2 Å². The summed E-state index contributed by atoms with van der Waals surface area (Å²) >= 11 is 0. The summed E-state index contributed by atoms with van der Waals surface area (Å²) in [5.41, 5.74) is 0.381. The first kappa shape index (κ1) is 19.5. The Hall–Kier alpha value is -2.84. The molecule has 1 fully saturated rings. The Kier molecular flexibility index (Phi) is 4.84. The summed E-state index contributed by atoms with van der Waals surface area (Å²) in [6.07, 6.45) is -2.85. The van der Waals surface area contributed by atoms with E-state index in [1.165, 1.54) is 12.1 Å². The van der Waals surface area contributed by atoms with Crippen molar-refractivity contribution >= 4 is 17.5 Å². The van der Waals surface area contributed by atoms with E-state index in [1.54, 1.807) is 15.9 Å². The first-order chi connectivity index (χ1) is 13.7. The van der Waals surface area contributed by atoms with Crippen LogP contribution >= 0.6 is 0 Å². The number of aromatic nitrogens is 1. The van der Waals surface area contributed by atoms with E-state index in [0.717, 1.165) is 18.3 Å². The third-order valence-corrected chi connectivity index (χ3v) is 5.41. The van der Waals surface area contributed by atoms with E-state index in [0.29, 0.717) is 49.7 Å². The van der Waals surface area contributed by atoms with Gasteiger partial charge in [0.05, 0.1) is 11.8 Å². The van der Waals surface area contributed by atoms with Gasteiger partial charge >= 0.3 is 12.2 Å². The Morgan fingerprint density at radius 3 is 2.45 bits per heavy atom. The van der Waals surface area contributed by atoms with Crippen LogP contribution in [0.1, 0.15) is 18.1 Å². The number of carbonyl (C=O) groups excluding carboxylic acids is 1. The number of anilines is 2. The molecule has 3 heterocycles. The fraction of sp³-hybridized carbons (Fsp3) is 0.400. The monoisotopic (exact) mass is 408 g/mol. The van der Waals surface area contributed by atoms with Crippen LogP contribution in [0.4, 0.5) is 33.9 Å². The fourth-order valence-electron chi connectivity index (χ4n) is 3.93. The molecule has 9 heteroatoms. The summed E-state index contributed by atoms with van der Waals surface area (Å²) in [5.74, 6) is 0.246. The number of halogens is 4. The Balaban J connectivity index is 1.46. The SMILES string of the molecule is CC1Cc2cc(C(F)(F)F)ccc2N1C(=O)N1CCN(c2ccc(F)cn2)CC1. The number of fused-ring (bicyclic) bond motifs is 1. The maximum absolute atomic E-state index is 13.1. The van der Waals surface area contributed by atoms with Crippen LogP contribution in [-0.2, 0) is 12.6 Å². The number of nitrogens with zero attached hydrogens (tertiary/aromatic N) is 4. The molecule has 1 aromatic heterocycles. The number of rotatable bonds is 1. The summed E-state index contributed by atoms with van der Waals surface area (Å²) < 4.78 is 52.0. The molecule has 0 spiro atoms. The molecular weight excluding hydrogens is 388 g/mol. The number of pyridine rings is 1. The van der Waals surface area contributed by atoms with Crippen LogP contribution in [0.3, 0.4) is 0 Å². The highest BCUT2D eigenvalue weighted by molar-refractivity contribution is 5.95. The third-order valence-electron chi connectivity index (χ3n) is 5.41. The van der Waals surface area contributed by atoms with E-state index >= 15 is 0 Å². The zero-order chi connectivity index (χ0) is 20.8. The summed E-state index contributed by atoms with van der Waals surface area (Å²) in [5, 5.41) is 0. The Morgan fingerprint density at radius 1 is 1.10 bits per heavy atom. The number of urea groups is 1. The van der Waals surface area contributed by atoms with Crippen molar-refractivity contribution in [1.29, 1.82) is 0 Å². The van der Waals surface area contributed by atoms with Crippen molar-refractivity contribution in [3.8, 4) is 0 Å². The van der Waals surface area contributed by atoms with Gasteiger partial charge in [0.1, 0.15) is 11.6 Å². The highest BCUT2D eigenvalue weighted by Gasteiger charge is 2.37. The summed E-state index contributed by atoms with van der Waals surface area (Å²) in [4.78, 5) is 22.4. The Morgan fingerprint density at radius 2 is 1.83 bits per heavy atom. The minimum Gasteiger partial charge on any atom is -0.353 e. The summed E-state index contributed by atoms with van der Waals surface area (Å²) in [6.45, 7) is 3.84. The fourth-order valence-corrected chi connectivity index (χ4v) is 3.93. The Bertz CT molecular complexity index is 908. The minimum absolute atomic E-state index is 0.206. The molecule has 0 aliphatic carbocycles. The van der Waals surface area contributed by atoms with Crippen LogP contribution in [0, 0.1) is 5.82 Å². The molecule has 4 rings (SSSR count). The van der Waals surface area contributed by atoms with E-state index in [-0.39, 0.29) is 12.1 Å². The largest absolute Gasteiger partial charge is 0.416 e. The van der Waals surface area contributed by atoms with Crippen molar-refractivity contribution in [2.24, 2.45) is 0 Å². The third kappa shape index (κ3) is 3.73. The number of amides is 2. The molecular formula is C20H20F4N4O. The standard InChI is InChI=1S/C20H20F4N4O/c1-13-10-14-11-15(20(22,23)24)2-4-17(14)28(13)19(29)27-8-6-26(7-9-27)18-5-3-16(21)12-25-18/h2-5,11-13H,6-10H2,1H3. The first-order valence-corrected chi connectivity index (χ1v) is 9.39. The lowest BCUT2D eigenvalue weighted by Gasteiger charge is -2.38. The smallest absolute Gasteiger partial charge is 0.353 e. The van der Waals surface area contributed by atoms with Gasteiger partial charge in [-0.25, -0.2) is 14.2 Å². The molecule has 2 amide bonds. The van der Waals surface area contributed by atoms with Gasteiger partial charge in [0.15, 0.2) is 0 Å². The molecule has 0 saturated carbocycles. The van der Waals surface area contributed by atoms with Crippen LogP contribution < -0.4 is 9.80 Å². The van der Waals surface area contributed by atoms with Crippen molar-refractivity contribution in [2.75, 3.05) is 36.0 Å². The molecule has 1 atom stereocenters. The van der Waals surface area contributed by atoms with Gasteiger partial charge in [-0.1, -0.05) is 0 Å². The molecule has 29 heavy (non-hydrogen) atoms. The zero-order valence-electron chi connectivity index (χ0n) is 15.8. The first-order valence-electron chi connectivity index (χ1n) is 9.39. The van der Waals surface area contributed by atoms with Crippen molar-refractivity contribution in [1.82, 2.24) is 9.88 Å². The second-order valence-electron chi connectivity index (χ2n) is 7.36. The molecule has 1 saturated heterocycles. The second-order valence-corrected chi connectivity index (χ2v) is 7.36. The average molecular weight is 408 g/mol. The predicted octanol–water partition coefficient (Wildman–Crippen LogP) is 3.93. The van der Waals surface area contributed by atoms with Crippen molar-refractivity contribution < 1.29 is 22.4 Å². The molecule has 2 aliphatic rings. The molecule has 154 valence electrons. The number of alkyl halides is 3. The molecule has 0 N–H and O–H groups in total. The van der Waals surface area contributed by atoms with Crippen LogP contribution in [0.25, 0.3) is 0 Å². The van der Waals surface area contributed by atoms with Gasteiger partial charge in [0, 0.05) is 37.9 Å². The van der Waals surface area contributed by atoms with Gasteiger partial charge in [0.2, 0.25) is 0 Å². The number of piperazine rings is 1. The van der Waals surface area contributed by atoms with E-state index in [2.05, 4.69) is 4.98 Å². The second kappa shape index (κ2) is 7.20. The molecule has 5 nitrogen and oxygen atoms in total. The predicted molar refractivity (Wildman–Crippen MR) is 100 cm³/mol. The van der Waals surface area contributed by atoms with Crippen molar-refractivity contribution in [3.63, 3.8) is 0 Å². The van der Waals surface area contributed by atoms with Crippen LogP contribution in [0.5, 0.6) is 0 Å². The van der Waals surface area contributed by atoms with E-state index in [4.69, 9.17) is 0 Å². The number of carbonyl (C=O) groups is 1. The van der Waals surface area contributed by atoms with Crippen LogP contribution in [0.2, 0.25) is 0 Å². The molecule has 2 aromatic rings. The quantitative estimate of drug-likeness (QED) is 0.672. The van der Waals surface area contributed by atoms with Crippen molar-refractivity contribution in [2.45, 2.75) is 25.6 Å². The maximum atomic E-state index is 13.1. The lowest BCUT2D eigenvalue weighted by molar-refractivity contribution is -0.137. The summed E-state index contributed by atoms with van der Waals surface area (Å²) in [6, 6.07) is 6.08. The van der Waals surface area contributed by atoms with Gasteiger partial charge < -0.3 is 9.80 Å². The van der Waals surface area contributed by atoms with E-state index in [1.807, 2.05) is 11.8 Å². The topological polar surface area (TPSA) is 39.7 Å². The number of hydrogen-bond acceptors (Lipinski definition) is 3. The molecule has 1 unspecified atom stereocenters. The van der Waals surface area contributed by atoms with Crippen LogP contribution in [0.15, 0.2) is 36.5 Å². The highest BCUT2D eigenvalue weighted by atomic mass is 19.4. The van der Waals surface area contributed by atoms with E-state index < -0.39 is 17.6 Å². The minimum atomic E-state index is -4.40. The average Bonchev–Trinajstić information content (AvgIpc) is 3.02. The van der Waals surface area contributed by atoms with Gasteiger partial charge in [0.25, 0.3) is 0 Å². The lowest BCUT2D eigenvalue weighted by Crippen LogP contribution is -2.54. The molecule has 2 aliphatic heterocycles. The highest BCUT2D eigenvalue weighted by Crippen LogP contribution is 2.38. The maximum Gasteiger partial charge on any atom is 0.416 e. The summed E-state index contributed by atoms with van der Waals surface area (Å²) in [7, 11) is 0. The molecule has 0 bridgehead atoms.